The summed E-state index contributed by atoms with van der Waals surface area (Å²) in [4.78, 5) is 23.6. The van der Waals surface area contributed by atoms with E-state index in [-0.39, 0.29) is 12.2 Å². The molecule has 3 rings (SSSR count). The van der Waals surface area contributed by atoms with E-state index in [0.29, 0.717) is 41.6 Å². The van der Waals surface area contributed by atoms with Crippen molar-refractivity contribution in [3.8, 4) is 17.2 Å². The third-order valence-electron chi connectivity index (χ3n) is 4.74. The molecule has 0 heterocycles. The molecule has 0 fully saturated rings. The zero-order valence-corrected chi connectivity index (χ0v) is 20.9. The second kappa shape index (κ2) is 12.6. The minimum absolute atomic E-state index is 0.210. The Morgan fingerprint density at radius 1 is 0.886 bits per heavy atom. The lowest BCUT2D eigenvalue weighted by Gasteiger charge is -2.12. The van der Waals surface area contributed by atoms with Crippen LogP contribution in [0.4, 0.5) is 0 Å². The summed E-state index contributed by atoms with van der Waals surface area (Å²) < 4.78 is 17.8. The molecular weight excluding hydrogens is 516 g/mol. The van der Waals surface area contributed by atoms with Gasteiger partial charge < -0.3 is 19.3 Å². The van der Waals surface area contributed by atoms with Gasteiger partial charge in [0.25, 0.3) is 5.91 Å². The van der Waals surface area contributed by atoms with Crippen LogP contribution in [0.5, 0.6) is 17.2 Å². The Bertz CT molecular complexity index is 1210. The fourth-order valence-corrected chi connectivity index (χ4v) is 3.45. The molecule has 9 heteroatoms. The number of halogens is 1. The van der Waals surface area contributed by atoms with Gasteiger partial charge in [-0.2, -0.15) is 5.10 Å². The number of rotatable bonds is 11. The summed E-state index contributed by atoms with van der Waals surface area (Å²) in [5, 5.41) is 13.1. The molecule has 0 bridgehead atoms. The lowest BCUT2D eigenvalue weighted by Crippen LogP contribution is -2.18. The van der Waals surface area contributed by atoms with Crippen molar-refractivity contribution < 1.29 is 28.9 Å². The summed E-state index contributed by atoms with van der Waals surface area (Å²) in [7, 11) is 0. The molecule has 0 spiro atoms. The maximum atomic E-state index is 12.6. The van der Waals surface area contributed by atoms with Gasteiger partial charge in [0.15, 0.2) is 11.5 Å². The van der Waals surface area contributed by atoms with Crippen LogP contribution in [-0.2, 0) is 6.61 Å². The van der Waals surface area contributed by atoms with Crippen LogP contribution in [0.25, 0.3) is 0 Å². The number of nitrogens with zero attached hydrogens (tertiary/aromatic N) is 1. The Balaban J connectivity index is 1.68. The number of aromatic carboxylic acids is 1. The number of carbonyl (C=O) groups excluding carboxylic acids is 1. The summed E-state index contributed by atoms with van der Waals surface area (Å²) in [6.07, 6.45) is 1.49. The first-order valence-corrected chi connectivity index (χ1v) is 11.7. The Labute approximate surface area is 211 Å². The molecule has 0 aliphatic heterocycles. The average molecular weight is 541 g/mol. The predicted molar refractivity (Wildman–Crippen MR) is 136 cm³/mol. The molecule has 0 radical (unpaired) electrons. The standard InChI is InChI=1S/C26H25BrN2O6/c1-3-33-23-11-9-19(14-24(23)34-4-2)25(30)29-28-15-20-13-21(27)10-12-22(20)35-16-17-5-7-18(8-6-17)26(31)32/h5-15H,3-4,16H2,1-2H3,(H,29,30)(H,31,32)/b28-15+. The highest BCUT2D eigenvalue weighted by atomic mass is 79.9. The van der Waals surface area contributed by atoms with E-state index in [1.807, 2.05) is 26.0 Å². The first kappa shape index (κ1) is 25.8. The van der Waals surface area contributed by atoms with Gasteiger partial charge in [-0.05, 0) is 67.9 Å². The maximum absolute atomic E-state index is 12.6. The highest BCUT2D eigenvalue weighted by molar-refractivity contribution is 9.10. The largest absolute Gasteiger partial charge is 0.490 e. The maximum Gasteiger partial charge on any atom is 0.335 e. The third kappa shape index (κ3) is 7.31. The topological polar surface area (TPSA) is 106 Å². The van der Waals surface area contributed by atoms with Crippen LogP contribution >= 0.6 is 15.9 Å². The number of carboxylic acids is 1. The average Bonchev–Trinajstić information content (AvgIpc) is 2.85. The van der Waals surface area contributed by atoms with Crippen LogP contribution < -0.4 is 19.6 Å². The summed E-state index contributed by atoms with van der Waals surface area (Å²) in [5.41, 5.74) is 4.56. The number of benzene rings is 3. The van der Waals surface area contributed by atoms with Crippen molar-refractivity contribution in [1.29, 1.82) is 0 Å². The molecule has 0 unspecified atom stereocenters. The van der Waals surface area contributed by atoms with E-state index in [4.69, 9.17) is 19.3 Å². The van der Waals surface area contributed by atoms with Gasteiger partial charge in [-0.15, -0.1) is 0 Å². The van der Waals surface area contributed by atoms with Gasteiger partial charge in [-0.1, -0.05) is 28.1 Å². The summed E-state index contributed by atoms with van der Waals surface area (Å²) >= 11 is 3.43. The number of amides is 1. The molecular formula is C26H25BrN2O6. The fraction of sp³-hybridized carbons (Fsp3) is 0.192. The van der Waals surface area contributed by atoms with Crippen LogP contribution in [-0.4, -0.2) is 36.4 Å². The number of ether oxygens (including phenoxy) is 3. The monoisotopic (exact) mass is 540 g/mol. The first-order chi connectivity index (χ1) is 16.9. The van der Waals surface area contributed by atoms with Gasteiger partial charge in [0.05, 0.1) is 25.0 Å². The Morgan fingerprint density at radius 3 is 2.23 bits per heavy atom. The fourth-order valence-electron chi connectivity index (χ4n) is 3.07. The lowest BCUT2D eigenvalue weighted by atomic mass is 10.1. The Morgan fingerprint density at radius 2 is 1.54 bits per heavy atom. The van der Waals surface area contributed by atoms with E-state index in [9.17, 15) is 9.59 Å². The molecule has 0 aliphatic rings. The van der Waals surface area contributed by atoms with Crippen molar-refractivity contribution >= 4 is 34.0 Å². The molecule has 2 N–H and O–H groups in total. The highest BCUT2D eigenvalue weighted by Crippen LogP contribution is 2.28. The summed E-state index contributed by atoms with van der Waals surface area (Å²) in [6.45, 7) is 4.90. The van der Waals surface area contributed by atoms with Crippen LogP contribution in [0.2, 0.25) is 0 Å². The van der Waals surface area contributed by atoms with Gasteiger partial charge in [0.2, 0.25) is 0 Å². The quantitative estimate of drug-likeness (QED) is 0.253. The van der Waals surface area contributed by atoms with Crippen LogP contribution in [0.15, 0.2) is 70.2 Å². The van der Waals surface area contributed by atoms with Gasteiger partial charge in [0.1, 0.15) is 12.4 Å². The SMILES string of the molecule is CCOc1ccc(C(=O)N/N=C/c2cc(Br)ccc2OCc2ccc(C(=O)O)cc2)cc1OCC. The van der Waals surface area contributed by atoms with Gasteiger partial charge in [-0.3, -0.25) is 4.79 Å². The number of hydrogen-bond donors (Lipinski definition) is 2. The van der Waals surface area contributed by atoms with Crippen LogP contribution in [0.3, 0.4) is 0 Å². The summed E-state index contributed by atoms with van der Waals surface area (Å²) in [6, 6.07) is 16.8. The second-order valence-corrected chi connectivity index (χ2v) is 8.12. The smallest absolute Gasteiger partial charge is 0.335 e. The molecule has 35 heavy (non-hydrogen) atoms. The van der Waals surface area contributed by atoms with Crippen molar-refractivity contribution in [1.82, 2.24) is 5.43 Å². The molecule has 8 nitrogen and oxygen atoms in total. The van der Waals surface area contributed by atoms with Crippen molar-refractivity contribution in [2.45, 2.75) is 20.5 Å². The van der Waals surface area contributed by atoms with Crippen molar-refractivity contribution in [3.05, 3.63) is 87.4 Å². The molecule has 1 amide bonds. The van der Waals surface area contributed by atoms with Crippen LogP contribution in [0.1, 0.15) is 45.7 Å². The molecule has 0 aromatic heterocycles. The minimum Gasteiger partial charge on any atom is -0.490 e. The Hall–Kier alpha value is -3.85. The molecule has 3 aromatic carbocycles. The van der Waals surface area contributed by atoms with E-state index in [1.165, 1.54) is 18.3 Å². The van der Waals surface area contributed by atoms with E-state index >= 15 is 0 Å². The number of hydrazone groups is 1. The third-order valence-corrected chi connectivity index (χ3v) is 5.24. The van der Waals surface area contributed by atoms with E-state index < -0.39 is 11.9 Å². The number of carboxylic acid groups (broad SMARTS) is 1. The van der Waals surface area contributed by atoms with Crippen molar-refractivity contribution in [2.24, 2.45) is 5.10 Å². The molecule has 182 valence electrons. The number of carbonyl (C=O) groups is 2. The van der Waals surface area contributed by atoms with Crippen molar-refractivity contribution in [3.63, 3.8) is 0 Å². The van der Waals surface area contributed by atoms with Crippen LogP contribution in [0, 0.1) is 0 Å². The van der Waals surface area contributed by atoms with E-state index in [0.717, 1.165) is 10.0 Å². The van der Waals surface area contributed by atoms with E-state index in [1.54, 1.807) is 36.4 Å². The predicted octanol–water partition coefficient (Wildman–Crippen LogP) is 5.29. The zero-order chi connectivity index (χ0) is 25.2. The van der Waals surface area contributed by atoms with Crippen molar-refractivity contribution in [2.75, 3.05) is 13.2 Å². The first-order valence-electron chi connectivity index (χ1n) is 10.9. The molecule has 3 aromatic rings. The molecule has 0 saturated heterocycles. The van der Waals surface area contributed by atoms with E-state index in [2.05, 4.69) is 26.5 Å². The molecule has 0 aliphatic carbocycles. The van der Waals surface area contributed by atoms with Gasteiger partial charge >= 0.3 is 5.97 Å². The Kier molecular flexibility index (Phi) is 9.25. The van der Waals surface area contributed by atoms with Gasteiger partial charge in [0, 0.05) is 15.6 Å². The van der Waals surface area contributed by atoms with Gasteiger partial charge in [-0.25, -0.2) is 10.2 Å². The molecule has 0 atom stereocenters. The second-order valence-electron chi connectivity index (χ2n) is 7.20. The normalized spacial score (nSPS) is 10.7. The summed E-state index contributed by atoms with van der Waals surface area (Å²) in [5.74, 6) is 0.229. The minimum atomic E-state index is -0.981. The lowest BCUT2D eigenvalue weighted by molar-refractivity contribution is 0.0696. The number of hydrogen-bond acceptors (Lipinski definition) is 6. The zero-order valence-electron chi connectivity index (χ0n) is 19.3. The molecule has 0 saturated carbocycles. The highest BCUT2D eigenvalue weighted by Gasteiger charge is 2.11. The number of nitrogens with one attached hydrogen (secondary N) is 1.